The smallest absolute Gasteiger partial charge is 0.234 e. The van der Waals surface area contributed by atoms with Crippen LogP contribution >= 0.6 is 0 Å². The molecule has 0 saturated carbocycles. The number of fused-ring (bicyclic) bond motifs is 1. The Hall–Kier alpha value is -1.75. The molecular weight excluding hydrogens is 192 g/mol. The van der Waals surface area contributed by atoms with Crippen LogP contribution < -0.4 is 5.73 Å². The number of aromatic nitrogens is 3. The van der Waals surface area contributed by atoms with Gasteiger partial charge in [0.1, 0.15) is 5.69 Å². The normalized spacial score (nSPS) is 13.0. The SMILES string of the molecule is Cc1cnc2nc(C(=O)C(C)N)cn2c1. The van der Waals surface area contributed by atoms with Crippen LogP contribution in [0.4, 0.5) is 0 Å². The van der Waals surface area contributed by atoms with Gasteiger partial charge in [0.15, 0.2) is 5.78 Å². The van der Waals surface area contributed by atoms with Crippen LogP contribution in [0, 0.1) is 6.92 Å². The highest BCUT2D eigenvalue weighted by atomic mass is 16.1. The molecule has 2 N–H and O–H groups in total. The third kappa shape index (κ3) is 1.73. The molecule has 0 aliphatic carbocycles. The van der Waals surface area contributed by atoms with Crippen LogP contribution in [0.3, 0.4) is 0 Å². The first-order valence-corrected chi connectivity index (χ1v) is 4.69. The van der Waals surface area contributed by atoms with Crippen molar-refractivity contribution >= 4 is 11.6 Å². The van der Waals surface area contributed by atoms with Gasteiger partial charge in [-0.2, -0.15) is 0 Å². The van der Waals surface area contributed by atoms with Gasteiger partial charge in [-0.3, -0.25) is 9.20 Å². The van der Waals surface area contributed by atoms with Crippen molar-refractivity contribution in [2.75, 3.05) is 0 Å². The van der Waals surface area contributed by atoms with Gasteiger partial charge in [-0.05, 0) is 19.4 Å². The average Bonchev–Trinajstić information content (AvgIpc) is 2.58. The molecule has 0 saturated heterocycles. The zero-order chi connectivity index (χ0) is 11.0. The molecule has 2 aromatic rings. The average molecular weight is 204 g/mol. The fraction of sp³-hybridized carbons (Fsp3) is 0.300. The summed E-state index contributed by atoms with van der Waals surface area (Å²) in [6.45, 7) is 3.57. The number of rotatable bonds is 2. The van der Waals surface area contributed by atoms with Gasteiger partial charge in [0.05, 0.1) is 6.04 Å². The van der Waals surface area contributed by atoms with Crippen LogP contribution in [0.5, 0.6) is 0 Å². The Kier molecular flexibility index (Phi) is 2.24. The monoisotopic (exact) mass is 204 g/mol. The lowest BCUT2D eigenvalue weighted by molar-refractivity contribution is 0.0963. The molecule has 0 aliphatic heterocycles. The summed E-state index contributed by atoms with van der Waals surface area (Å²) in [5, 5.41) is 0. The minimum Gasteiger partial charge on any atom is -0.321 e. The number of nitrogens with two attached hydrogens (primary N) is 1. The fourth-order valence-electron chi connectivity index (χ4n) is 1.34. The maximum atomic E-state index is 11.6. The second-order valence-electron chi connectivity index (χ2n) is 3.62. The molecule has 2 rings (SSSR count). The number of Topliss-reactive ketones (excluding diaryl/α,β-unsaturated/α-hetero) is 1. The molecule has 0 aliphatic rings. The molecule has 1 atom stereocenters. The minimum atomic E-state index is -0.531. The molecule has 78 valence electrons. The number of hydrogen-bond acceptors (Lipinski definition) is 4. The summed E-state index contributed by atoms with van der Waals surface area (Å²) in [6, 6.07) is -0.531. The second kappa shape index (κ2) is 3.43. The standard InChI is InChI=1S/C10H12N4O/c1-6-3-12-10-13-8(5-14(10)4-6)9(15)7(2)11/h3-5,7H,11H2,1-2H3. The van der Waals surface area contributed by atoms with E-state index in [-0.39, 0.29) is 5.78 Å². The maximum absolute atomic E-state index is 11.6. The third-order valence-corrected chi connectivity index (χ3v) is 2.11. The van der Waals surface area contributed by atoms with Crippen LogP contribution in [0.15, 0.2) is 18.6 Å². The van der Waals surface area contributed by atoms with Crippen molar-refractivity contribution in [1.29, 1.82) is 0 Å². The Morgan fingerprint density at radius 3 is 2.93 bits per heavy atom. The molecule has 0 fully saturated rings. The first kappa shape index (κ1) is 9.79. The van der Waals surface area contributed by atoms with Crippen molar-refractivity contribution in [3.05, 3.63) is 29.8 Å². The first-order valence-electron chi connectivity index (χ1n) is 4.69. The van der Waals surface area contributed by atoms with E-state index < -0.39 is 6.04 Å². The van der Waals surface area contributed by atoms with Crippen LogP contribution in [-0.4, -0.2) is 26.2 Å². The van der Waals surface area contributed by atoms with Gasteiger partial charge in [-0.25, -0.2) is 9.97 Å². The Morgan fingerprint density at radius 1 is 1.53 bits per heavy atom. The van der Waals surface area contributed by atoms with Gasteiger partial charge in [-0.1, -0.05) is 0 Å². The molecule has 0 amide bonds. The second-order valence-corrected chi connectivity index (χ2v) is 3.62. The highest BCUT2D eigenvalue weighted by Gasteiger charge is 2.14. The van der Waals surface area contributed by atoms with E-state index in [1.165, 1.54) is 0 Å². The maximum Gasteiger partial charge on any atom is 0.234 e. The summed E-state index contributed by atoms with van der Waals surface area (Å²) >= 11 is 0. The number of carbonyl (C=O) groups is 1. The van der Waals surface area contributed by atoms with Crippen molar-refractivity contribution < 1.29 is 4.79 Å². The molecule has 2 heterocycles. The Bertz CT molecular complexity index is 515. The molecule has 0 spiro atoms. The van der Waals surface area contributed by atoms with E-state index in [4.69, 9.17) is 5.73 Å². The lowest BCUT2D eigenvalue weighted by Crippen LogP contribution is -2.26. The number of ketones is 1. The van der Waals surface area contributed by atoms with E-state index >= 15 is 0 Å². The van der Waals surface area contributed by atoms with Crippen LogP contribution in [0.1, 0.15) is 23.0 Å². The molecule has 5 heteroatoms. The van der Waals surface area contributed by atoms with E-state index in [1.54, 1.807) is 23.7 Å². The number of imidazole rings is 1. The van der Waals surface area contributed by atoms with Crippen LogP contribution in [0.2, 0.25) is 0 Å². The number of aryl methyl sites for hydroxylation is 1. The third-order valence-electron chi connectivity index (χ3n) is 2.11. The van der Waals surface area contributed by atoms with E-state index in [1.807, 2.05) is 13.1 Å². The van der Waals surface area contributed by atoms with Gasteiger partial charge >= 0.3 is 0 Å². The van der Waals surface area contributed by atoms with Gasteiger partial charge in [0, 0.05) is 18.6 Å². The molecule has 2 aromatic heterocycles. The first-order chi connectivity index (χ1) is 7.08. The van der Waals surface area contributed by atoms with Crippen molar-refractivity contribution in [2.24, 2.45) is 5.73 Å². The molecule has 1 unspecified atom stereocenters. The number of nitrogens with zero attached hydrogens (tertiary/aromatic N) is 3. The van der Waals surface area contributed by atoms with Gasteiger partial charge in [-0.15, -0.1) is 0 Å². The van der Waals surface area contributed by atoms with Crippen molar-refractivity contribution in [3.8, 4) is 0 Å². The molecule has 0 aromatic carbocycles. The zero-order valence-corrected chi connectivity index (χ0v) is 8.64. The van der Waals surface area contributed by atoms with Crippen molar-refractivity contribution in [2.45, 2.75) is 19.9 Å². The molecule has 0 bridgehead atoms. The van der Waals surface area contributed by atoms with E-state index in [0.717, 1.165) is 5.56 Å². The number of carbonyl (C=O) groups excluding carboxylic acids is 1. The summed E-state index contributed by atoms with van der Waals surface area (Å²) in [4.78, 5) is 19.8. The lowest BCUT2D eigenvalue weighted by atomic mass is 10.2. The van der Waals surface area contributed by atoms with Crippen molar-refractivity contribution in [3.63, 3.8) is 0 Å². The summed E-state index contributed by atoms with van der Waals surface area (Å²) in [5.41, 5.74) is 6.88. The quantitative estimate of drug-likeness (QED) is 0.726. The zero-order valence-electron chi connectivity index (χ0n) is 8.64. The summed E-state index contributed by atoms with van der Waals surface area (Å²) < 4.78 is 1.73. The highest BCUT2D eigenvalue weighted by molar-refractivity contribution is 5.98. The summed E-state index contributed by atoms with van der Waals surface area (Å²) in [5.74, 6) is 0.350. The van der Waals surface area contributed by atoms with Gasteiger partial charge in [0.25, 0.3) is 0 Å². The highest BCUT2D eigenvalue weighted by Crippen LogP contribution is 2.05. The minimum absolute atomic E-state index is 0.168. The summed E-state index contributed by atoms with van der Waals surface area (Å²) in [7, 11) is 0. The Labute approximate surface area is 87.0 Å². The Balaban J connectivity index is 2.52. The van der Waals surface area contributed by atoms with E-state index in [9.17, 15) is 4.79 Å². The fourth-order valence-corrected chi connectivity index (χ4v) is 1.34. The van der Waals surface area contributed by atoms with Crippen LogP contribution in [-0.2, 0) is 0 Å². The topological polar surface area (TPSA) is 73.3 Å². The molecule has 15 heavy (non-hydrogen) atoms. The predicted octanol–water partition coefficient (Wildman–Crippen LogP) is 0.568. The van der Waals surface area contributed by atoms with E-state index in [0.29, 0.717) is 11.5 Å². The van der Waals surface area contributed by atoms with Crippen molar-refractivity contribution in [1.82, 2.24) is 14.4 Å². The van der Waals surface area contributed by atoms with Gasteiger partial charge < -0.3 is 5.73 Å². The largest absolute Gasteiger partial charge is 0.321 e. The number of hydrogen-bond donors (Lipinski definition) is 1. The predicted molar refractivity (Wildman–Crippen MR) is 55.7 cm³/mol. The molecule has 0 radical (unpaired) electrons. The lowest BCUT2D eigenvalue weighted by Gasteiger charge is -1.97. The van der Waals surface area contributed by atoms with Crippen LogP contribution in [0.25, 0.3) is 5.78 Å². The molecular formula is C10H12N4O. The van der Waals surface area contributed by atoms with E-state index in [2.05, 4.69) is 9.97 Å². The summed E-state index contributed by atoms with van der Waals surface area (Å²) in [6.07, 6.45) is 5.23. The van der Waals surface area contributed by atoms with Gasteiger partial charge in [0.2, 0.25) is 5.78 Å². The molecule has 5 nitrogen and oxygen atoms in total. The Morgan fingerprint density at radius 2 is 2.27 bits per heavy atom.